The minimum Gasteiger partial charge on any atom is -0.464 e. The molecule has 2 heterocycles. The van der Waals surface area contributed by atoms with E-state index in [-0.39, 0.29) is 12.5 Å². The van der Waals surface area contributed by atoms with Gasteiger partial charge in [-0.2, -0.15) is 13.2 Å². The summed E-state index contributed by atoms with van der Waals surface area (Å²) in [7, 11) is 0. The molecule has 1 N–H and O–H groups in total. The highest BCUT2D eigenvalue weighted by Gasteiger charge is 2.32. The van der Waals surface area contributed by atoms with Crippen molar-refractivity contribution in [1.82, 2.24) is 10.2 Å². The van der Waals surface area contributed by atoms with Gasteiger partial charge in [0, 0.05) is 32.6 Å². The molecule has 1 aromatic rings. The van der Waals surface area contributed by atoms with E-state index in [9.17, 15) is 13.2 Å². The van der Waals surface area contributed by atoms with E-state index >= 15 is 0 Å². The van der Waals surface area contributed by atoms with Gasteiger partial charge < -0.3 is 9.73 Å². The number of piperazine rings is 1. The molecule has 0 spiro atoms. The summed E-state index contributed by atoms with van der Waals surface area (Å²) in [5.74, 6) is 1.44. The largest absolute Gasteiger partial charge is 0.464 e. The Bertz CT molecular complexity index is 417. The molecule has 1 fully saturated rings. The number of furan rings is 1. The molecule has 0 aliphatic carbocycles. The predicted molar refractivity (Wildman–Crippen MR) is 70.7 cm³/mol. The van der Waals surface area contributed by atoms with Crippen LogP contribution in [0.2, 0.25) is 0 Å². The zero-order valence-electron chi connectivity index (χ0n) is 11.9. The molecule has 0 amide bonds. The van der Waals surface area contributed by atoms with Crippen molar-refractivity contribution in [3.63, 3.8) is 0 Å². The third kappa shape index (κ3) is 3.99. The lowest BCUT2D eigenvalue weighted by molar-refractivity contribution is -0.138. The first-order valence-electron chi connectivity index (χ1n) is 6.95. The van der Waals surface area contributed by atoms with Crippen molar-refractivity contribution in [3.8, 4) is 0 Å². The fraction of sp³-hybridized carbons (Fsp3) is 0.714. The summed E-state index contributed by atoms with van der Waals surface area (Å²) in [6.45, 7) is 6.88. The molecule has 114 valence electrons. The monoisotopic (exact) mass is 290 g/mol. The Labute approximate surface area is 117 Å². The molecule has 1 aromatic heterocycles. The number of hydrogen-bond donors (Lipinski definition) is 1. The van der Waals surface area contributed by atoms with E-state index in [4.69, 9.17) is 4.42 Å². The van der Waals surface area contributed by atoms with Crippen LogP contribution in [0.25, 0.3) is 0 Å². The molecule has 0 aromatic carbocycles. The van der Waals surface area contributed by atoms with Gasteiger partial charge >= 0.3 is 6.18 Å². The van der Waals surface area contributed by atoms with E-state index in [0.29, 0.717) is 5.76 Å². The van der Waals surface area contributed by atoms with Crippen LogP contribution >= 0.6 is 0 Å². The van der Waals surface area contributed by atoms with Crippen LogP contribution in [0.5, 0.6) is 0 Å². The van der Waals surface area contributed by atoms with E-state index < -0.39 is 12.6 Å². The van der Waals surface area contributed by atoms with Gasteiger partial charge in [0.05, 0.1) is 6.04 Å². The Morgan fingerprint density at radius 3 is 2.45 bits per heavy atom. The SMILES string of the molecule is Cc1cc([C@@H](CCC(F)(F)F)N2CCNCC2)oc1C. The van der Waals surface area contributed by atoms with E-state index in [1.54, 1.807) is 0 Å². The Balaban J connectivity index is 2.14. The lowest BCUT2D eigenvalue weighted by atomic mass is 10.1. The third-order valence-electron chi connectivity index (χ3n) is 3.81. The fourth-order valence-electron chi connectivity index (χ4n) is 2.56. The quantitative estimate of drug-likeness (QED) is 0.923. The molecule has 0 bridgehead atoms. The van der Waals surface area contributed by atoms with Gasteiger partial charge in [0.2, 0.25) is 0 Å². The summed E-state index contributed by atoms with van der Waals surface area (Å²) in [6.07, 6.45) is -4.85. The average molecular weight is 290 g/mol. The van der Waals surface area contributed by atoms with Crippen LogP contribution < -0.4 is 5.32 Å². The second-order valence-electron chi connectivity index (χ2n) is 5.34. The molecule has 2 rings (SSSR count). The minimum absolute atomic E-state index is 0.0515. The first-order valence-corrected chi connectivity index (χ1v) is 6.95. The summed E-state index contributed by atoms with van der Waals surface area (Å²) in [5, 5.41) is 3.22. The highest BCUT2D eigenvalue weighted by molar-refractivity contribution is 5.21. The van der Waals surface area contributed by atoms with Crippen LogP contribution in [0, 0.1) is 13.8 Å². The Hall–Kier alpha value is -1.01. The Morgan fingerprint density at radius 2 is 1.95 bits per heavy atom. The average Bonchev–Trinajstić information content (AvgIpc) is 2.69. The second-order valence-corrected chi connectivity index (χ2v) is 5.34. The zero-order valence-corrected chi connectivity index (χ0v) is 11.9. The molecule has 0 saturated carbocycles. The van der Waals surface area contributed by atoms with Crippen molar-refractivity contribution in [3.05, 3.63) is 23.2 Å². The minimum atomic E-state index is -4.12. The number of aryl methyl sites for hydroxylation is 2. The molecule has 1 saturated heterocycles. The molecule has 0 radical (unpaired) electrons. The first-order chi connectivity index (χ1) is 9.37. The predicted octanol–water partition coefficient (Wildman–Crippen LogP) is 3.19. The van der Waals surface area contributed by atoms with Gasteiger partial charge in [0.25, 0.3) is 0 Å². The molecule has 1 aliphatic rings. The zero-order chi connectivity index (χ0) is 14.8. The standard InChI is InChI=1S/C14H21F3N2O/c1-10-9-13(20-11(10)2)12(3-4-14(15,16)17)19-7-5-18-6-8-19/h9,12,18H,3-8H2,1-2H3/t12-/m1/s1. The van der Waals surface area contributed by atoms with E-state index in [0.717, 1.165) is 37.5 Å². The summed E-state index contributed by atoms with van der Waals surface area (Å²) < 4.78 is 43.2. The molecule has 0 unspecified atom stereocenters. The van der Waals surface area contributed by atoms with Gasteiger partial charge in [-0.05, 0) is 31.9 Å². The number of hydrogen-bond acceptors (Lipinski definition) is 3. The molecule has 1 atom stereocenters. The molecule has 1 aliphatic heterocycles. The number of halogens is 3. The van der Waals surface area contributed by atoms with Gasteiger partial charge in [-0.15, -0.1) is 0 Å². The van der Waals surface area contributed by atoms with Crippen LogP contribution in [0.3, 0.4) is 0 Å². The summed E-state index contributed by atoms with van der Waals surface area (Å²) in [5.41, 5.74) is 0.993. The van der Waals surface area contributed by atoms with E-state index in [1.165, 1.54) is 0 Å². The smallest absolute Gasteiger partial charge is 0.389 e. The van der Waals surface area contributed by atoms with Gasteiger partial charge in [-0.25, -0.2) is 0 Å². The number of rotatable bonds is 4. The molecule has 6 heteroatoms. The molecule has 20 heavy (non-hydrogen) atoms. The first kappa shape index (κ1) is 15.4. The highest BCUT2D eigenvalue weighted by atomic mass is 19.4. The van der Waals surface area contributed by atoms with Crippen LogP contribution in [0.4, 0.5) is 13.2 Å². The van der Waals surface area contributed by atoms with Crippen LogP contribution in [-0.4, -0.2) is 37.3 Å². The molecule has 3 nitrogen and oxygen atoms in total. The second kappa shape index (κ2) is 6.18. The number of alkyl halides is 3. The molecular weight excluding hydrogens is 269 g/mol. The van der Waals surface area contributed by atoms with E-state index in [1.807, 2.05) is 19.9 Å². The maximum Gasteiger partial charge on any atom is 0.389 e. The maximum atomic E-state index is 12.5. The van der Waals surface area contributed by atoms with Crippen molar-refractivity contribution in [2.75, 3.05) is 26.2 Å². The third-order valence-corrected chi connectivity index (χ3v) is 3.81. The van der Waals surface area contributed by atoms with Gasteiger partial charge in [-0.3, -0.25) is 4.90 Å². The van der Waals surface area contributed by atoms with Gasteiger partial charge in [-0.1, -0.05) is 0 Å². The summed E-state index contributed by atoms with van der Waals surface area (Å²) in [6, 6.07) is 1.59. The number of nitrogens with one attached hydrogen (secondary N) is 1. The van der Waals surface area contributed by atoms with Gasteiger partial charge in [0.1, 0.15) is 11.5 Å². The van der Waals surface area contributed by atoms with Crippen molar-refractivity contribution < 1.29 is 17.6 Å². The summed E-state index contributed by atoms with van der Waals surface area (Å²) >= 11 is 0. The lowest BCUT2D eigenvalue weighted by Gasteiger charge is -2.34. The van der Waals surface area contributed by atoms with Crippen LogP contribution in [0.1, 0.15) is 36.0 Å². The van der Waals surface area contributed by atoms with Crippen molar-refractivity contribution in [1.29, 1.82) is 0 Å². The van der Waals surface area contributed by atoms with Crippen molar-refractivity contribution >= 4 is 0 Å². The maximum absolute atomic E-state index is 12.5. The normalized spacial score (nSPS) is 19.2. The molecular formula is C14H21F3N2O. The Morgan fingerprint density at radius 1 is 1.30 bits per heavy atom. The van der Waals surface area contributed by atoms with Crippen molar-refractivity contribution in [2.24, 2.45) is 0 Å². The lowest BCUT2D eigenvalue weighted by Crippen LogP contribution is -2.45. The van der Waals surface area contributed by atoms with Crippen LogP contribution in [0.15, 0.2) is 10.5 Å². The number of nitrogens with zero attached hydrogens (tertiary/aromatic N) is 1. The highest BCUT2D eigenvalue weighted by Crippen LogP contribution is 2.33. The topological polar surface area (TPSA) is 28.4 Å². The fourth-order valence-corrected chi connectivity index (χ4v) is 2.56. The van der Waals surface area contributed by atoms with Gasteiger partial charge in [0.15, 0.2) is 0 Å². The Kier molecular flexibility index (Phi) is 4.75. The van der Waals surface area contributed by atoms with Crippen molar-refractivity contribution in [2.45, 2.75) is 38.9 Å². The van der Waals surface area contributed by atoms with E-state index in [2.05, 4.69) is 10.2 Å². The summed E-state index contributed by atoms with van der Waals surface area (Å²) in [4.78, 5) is 2.08. The van der Waals surface area contributed by atoms with Crippen LogP contribution in [-0.2, 0) is 0 Å².